The zero-order chi connectivity index (χ0) is 22.0. The molecule has 1 aromatic carbocycles. The lowest BCUT2D eigenvalue weighted by molar-refractivity contribution is -0.122. The van der Waals surface area contributed by atoms with Gasteiger partial charge < -0.3 is 19.5 Å². The monoisotopic (exact) mass is 445 g/mol. The molecule has 1 aliphatic heterocycles. The number of carbonyl (C=O) groups is 1. The predicted octanol–water partition coefficient (Wildman–Crippen LogP) is 1.53. The summed E-state index contributed by atoms with van der Waals surface area (Å²) < 4.78 is 18.8. The zero-order valence-electron chi connectivity index (χ0n) is 17.3. The summed E-state index contributed by atoms with van der Waals surface area (Å²) in [7, 11) is 2.97. The summed E-state index contributed by atoms with van der Waals surface area (Å²) in [5.41, 5.74) is -0.340. The van der Waals surface area contributed by atoms with Crippen molar-refractivity contribution < 1.29 is 19.0 Å². The van der Waals surface area contributed by atoms with Crippen molar-refractivity contribution in [1.82, 2.24) is 14.5 Å². The van der Waals surface area contributed by atoms with Gasteiger partial charge in [0.15, 0.2) is 0 Å². The van der Waals surface area contributed by atoms with Gasteiger partial charge in [0, 0.05) is 31.4 Å². The fourth-order valence-corrected chi connectivity index (χ4v) is 4.45. The van der Waals surface area contributed by atoms with E-state index in [1.165, 1.54) is 30.1 Å². The summed E-state index contributed by atoms with van der Waals surface area (Å²) in [4.78, 5) is 39.0. The van der Waals surface area contributed by atoms with E-state index in [1.54, 1.807) is 29.6 Å². The number of rotatable bonds is 7. The second-order valence-electron chi connectivity index (χ2n) is 7.15. The van der Waals surface area contributed by atoms with Crippen LogP contribution in [0.5, 0.6) is 11.5 Å². The maximum atomic E-state index is 13.3. The van der Waals surface area contributed by atoms with Gasteiger partial charge in [-0.15, -0.1) is 11.3 Å². The molecule has 3 aromatic rings. The first kappa shape index (κ1) is 21.1. The van der Waals surface area contributed by atoms with Gasteiger partial charge in [0.2, 0.25) is 5.91 Å². The van der Waals surface area contributed by atoms with Crippen LogP contribution in [0.1, 0.15) is 12.8 Å². The molecule has 1 saturated heterocycles. The number of amides is 1. The Balaban J connectivity index is 1.75. The molecule has 1 atom stereocenters. The largest absolute Gasteiger partial charge is 0.497 e. The van der Waals surface area contributed by atoms with E-state index in [9.17, 15) is 14.4 Å². The quantitative estimate of drug-likeness (QED) is 0.592. The lowest BCUT2D eigenvalue weighted by atomic mass is 10.2. The highest BCUT2D eigenvalue weighted by molar-refractivity contribution is 7.17. The minimum Gasteiger partial charge on any atom is -0.497 e. The molecular weight excluding hydrogens is 422 g/mol. The highest BCUT2D eigenvalue weighted by Crippen LogP contribution is 2.24. The predicted molar refractivity (Wildman–Crippen MR) is 117 cm³/mol. The third kappa shape index (κ3) is 4.21. The number of ether oxygens (including phenoxy) is 3. The molecule has 1 N–H and O–H groups in total. The molecule has 0 bridgehead atoms. The van der Waals surface area contributed by atoms with Crippen LogP contribution in [0.4, 0.5) is 0 Å². The number of benzene rings is 1. The SMILES string of the molecule is COc1cc(OC)cc(-n2c(=O)c3sccc3n(CC(=O)NC[C@H]3CCCO3)c2=O)c1. The third-order valence-electron chi connectivity index (χ3n) is 5.20. The Kier molecular flexibility index (Phi) is 6.10. The Hall–Kier alpha value is -3.11. The Morgan fingerprint density at radius 3 is 2.61 bits per heavy atom. The summed E-state index contributed by atoms with van der Waals surface area (Å²) in [5, 5.41) is 4.54. The van der Waals surface area contributed by atoms with Crippen molar-refractivity contribution in [3.8, 4) is 17.2 Å². The molecule has 3 heterocycles. The summed E-state index contributed by atoms with van der Waals surface area (Å²) in [6.07, 6.45) is 1.88. The molecule has 4 rings (SSSR count). The molecule has 2 aromatic heterocycles. The van der Waals surface area contributed by atoms with Gasteiger partial charge >= 0.3 is 5.69 Å². The lowest BCUT2D eigenvalue weighted by Gasteiger charge is -2.15. The van der Waals surface area contributed by atoms with Gasteiger partial charge in [-0.3, -0.25) is 14.2 Å². The maximum Gasteiger partial charge on any atom is 0.336 e. The number of fused-ring (bicyclic) bond motifs is 1. The minimum atomic E-state index is -0.613. The van der Waals surface area contributed by atoms with Crippen LogP contribution in [0.2, 0.25) is 0 Å². The van der Waals surface area contributed by atoms with Gasteiger partial charge in [-0.1, -0.05) is 0 Å². The van der Waals surface area contributed by atoms with Gasteiger partial charge in [0.05, 0.1) is 31.5 Å². The van der Waals surface area contributed by atoms with Crippen LogP contribution in [0, 0.1) is 0 Å². The Labute approximate surface area is 181 Å². The molecule has 0 aliphatic carbocycles. The number of nitrogens with one attached hydrogen (secondary N) is 1. The average Bonchev–Trinajstić information content (AvgIpc) is 3.47. The van der Waals surface area contributed by atoms with Gasteiger partial charge in [0.1, 0.15) is 22.7 Å². The molecule has 0 saturated carbocycles. The highest BCUT2D eigenvalue weighted by Gasteiger charge is 2.20. The van der Waals surface area contributed by atoms with Crippen molar-refractivity contribution in [1.29, 1.82) is 0 Å². The molecule has 1 aliphatic rings. The van der Waals surface area contributed by atoms with Crippen molar-refractivity contribution >= 4 is 27.5 Å². The zero-order valence-corrected chi connectivity index (χ0v) is 18.1. The molecule has 1 fully saturated rings. The molecule has 1 amide bonds. The number of nitrogens with zero attached hydrogens (tertiary/aromatic N) is 2. The van der Waals surface area contributed by atoms with Crippen LogP contribution in [-0.2, 0) is 16.1 Å². The first-order chi connectivity index (χ1) is 15.0. The Morgan fingerprint density at radius 1 is 1.23 bits per heavy atom. The van der Waals surface area contributed by atoms with Crippen LogP contribution in [0.15, 0.2) is 39.2 Å². The van der Waals surface area contributed by atoms with E-state index >= 15 is 0 Å². The Bertz CT molecular complexity index is 1200. The number of carbonyl (C=O) groups excluding carboxylic acids is 1. The minimum absolute atomic E-state index is 0.0000376. The van der Waals surface area contributed by atoms with E-state index in [-0.39, 0.29) is 18.6 Å². The van der Waals surface area contributed by atoms with E-state index in [2.05, 4.69) is 5.32 Å². The number of methoxy groups -OCH3 is 2. The van der Waals surface area contributed by atoms with E-state index in [1.807, 2.05) is 0 Å². The topological polar surface area (TPSA) is 101 Å². The molecule has 10 heteroatoms. The van der Waals surface area contributed by atoms with Crippen LogP contribution < -0.4 is 26.0 Å². The standard InChI is InChI=1S/C21H23N3O6S/c1-28-15-8-13(9-16(10-15)29-2)24-20(26)19-17(5-7-31-19)23(21(24)27)12-18(25)22-11-14-4-3-6-30-14/h5,7-10,14H,3-4,6,11-12H2,1-2H3,(H,22,25)/t14-/m1/s1. The van der Waals surface area contributed by atoms with Crippen molar-refractivity contribution in [3.05, 3.63) is 50.5 Å². The summed E-state index contributed by atoms with van der Waals surface area (Å²) >= 11 is 1.22. The van der Waals surface area contributed by atoms with Crippen molar-refractivity contribution in [2.75, 3.05) is 27.4 Å². The molecule has 0 spiro atoms. The van der Waals surface area contributed by atoms with E-state index in [0.717, 1.165) is 17.4 Å². The first-order valence-electron chi connectivity index (χ1n) is 9.86. The van der Waals surface area contributed by atoms with Gasteiger partial charge in [0.25, 0.3) is 5.56 Å². The molecular formula is C21H23N3O6S. The number of hydrogen-bond donors (Lipinski definition) is 1. The molecule has 0 unspecified atom stereocenters. The first-order valence-corrected chi connectivity index (χ1v) is 10.7. The average molecular weight is 445 g/mol. The summed E-state index contributed by atoms with van der Waals surface area (Å²) in [5.74, 6) is 0.555. The van der Waals surface area contributed by atoms with Crippen molar-refractivity contribution in [3.63, 3.8) is 0 Å². The highest BCUT2D eigenvalue weighted by atomic mass is 32.1. The van der Waals surface area contributed by atoms with Crippen LogP contribution in [0.3, 0.4) is 0 Å². The van der Waals surface area contributed by atoms with Gasteiger partial charge in [-0.2, -0.15) is 0 Å². The van der Waals surface area contributed by atoms with Crippen LogP contribution >= 0.6 is 11.3 Å². The lowest BCUT2D eigenvalue weighted by Crippen LogP contribution is -2.42. The maximum absolute atomic E-state index is 13.3. The fraction of sp³-hybridized carbons (Fsp3) is 0.381. The normalized spacial score (nSPS) is 15.9. The van der Waals surface area contributed by atoms with Crippen molar-refractivity contribution in [2.45, 2.75) is 25.5 Å². The van der Waals surface area contributed by atoms with Crippen molar-refractivity contribution in [2.24, 2.45) is 0 Å². The fourth-order valence-electron chi connectivity index (χ4n) is 3.62. The molecule has 164 valence electrons. The molecule has 31 heavy (non-hydrogen) atoms. The van der Waals surface area contributed by atoms with Gasteiger partial charge in [-0.25, -0.2) is 9.36 Å². The molecule has 9 nitrogen and oxygen atoms in total. The van der Waals surface area contributed by atoms with E-state index < -0.39 is 11.2 Å². The number of aromatic nitrogens is 2. The van der Waals surface area contributed by atoms with Crippen LogP contribution in [-0.4, -0.2) is 48.5 Å². The second-order valence-corrected chi connectivity index (χ2v) is 8.07. The van der Waals surface area contributed by atoms with E-state index in [4.69, 9.17) is 14.2 Å². The number of hydrogen-bond acceptors (Lipinski definition) is 7. The molecule has 0 radical (unpaired) electrons. The number of thiophene rings is 1. The Morgan fingerprint density at radius 2 is 1.97 bits per heavy atom. The summed E-state index contributed by atoms with van der Waals surface area (Å²) in [6, 6.07) is 6.47. The van der Waals surface area contributed by atoms with E-state index in [0.29, 0.717) is 40.6 Å². The third-order valence-corrected chi connectivity index (χ3v) is 6.09. The van der Waals surface area contributed by atoms with Crippen LogP contribution in [0.25, 0.3) is 15.9 Å². The summed E-state index contributed by atoms with van der Waals surface area (Å²) in [6.45, 7) is 0.887. The van der Waals surface area contributed by atoms with Gasteiger partial charge in [-0.05, 0) is 24.3 Å². The second kappa shape index (κ2) is 8.94. The smallest absolute Gasteiger partial charge is 0.336 e.